The Labute approximate surface area is 136 Å². The summed E-state index contributed by atoms with van der Waals surface area (Å²) in [6.45, 7) is 0. The highest BCUT2D eigenvalue weighted by Crippen LogP contribution is 2.31. The molecule has 0 saturated heterocycles. The first-order valence-electron chi connectivity index (χ1n) is 7.03. The smallest absolute Gasteiger partial charge is 0.188 e. The number of methoxy groups -OCH3 is 1. The number of thiazole rings is 1. The highest BCUT2D eigenvalue weighted by atomic mass is 32.1. The van der Waals surface area contributed by atoms with Crippen LogP contribution in [0.3, 0.4) is 0 Å². The van der Waals surface area contributed by atoms with Crippen LogP contribution in [0.25, 0.3) is 22.8 Å². The Morgan fingerprint density at radius 2 is 2.04 bits per heavy atom. The number of nitrogens with zero attached hydrogens (tertiary/aromatic N) is 2. The summed E-state index contributed by atoms with van der Waals surface area (Å²) in [7, 11) is 1.62. The van der Waals surface area contributed by atoms with Crippen LogP contribution in [0.5, 0.6) is 5.75 Å². The van der Waals surface area contributed by atoms with Crippen LogP contribution in [-0.4, -0.2) is 17.1 Å². The second kappa shape index (κ2) is 5.73. The van der Waals surface area contributed by atoms with E-state index in [0.717, 1.165) is 39.5 Å². The molecule has 0 atom stereocenters. The third-order valence-corrected chi connectivity index (χ3v) is 4.16. The van der Waals surface area contributed by atoms with Crippen LogP contribution in [0.15, 0.2) is 58.5 Å². The molecule has 0 radical (unpaired) electrons. The van der Waals surface area contributed by atoms with Crippen LogP contribution in [0, 0.1) is 0 Å². The average molecular weight is 323 g/mol. The molecule has 0 fully saturated rings. The first kappa shape index (κ1) is 13.8. The molecule has 1 N–H and O–H groups in total. The molecule has 114 valence electrons. The normalized spacial score (nSPS) is 10.8. The summed E-state index contributed by atoms with van der Waals surface area (Å²) < 4.78 is 11.0. The Morgan fingerprint density at radius 3 is 2.87 bits per heavy atom. The molecule has 0 unspecified atom stereocenters. The lowest BCUT2D eigenvalue weighted by molar-refractivity contribution is 0.413. The second-order valence-electron chi connectivity index (χ2n) is 4.89. The zero-order valence-electron chi connectivity index (χ0n) is 12.3. The molecule has 2 aromatic heterocycles. The van der Waals surface area contributed by atoms with Gasteiger partial charge in [0.15, 0.2) is 10.9 Å². The minimum Gasteiger partial charge on any atom is -0.495 e. The van der Waals surface area contributed by atoms with E-state index in [-0.39, 0.29) is 0 Å². The fourth-order valence-electron chi connectivity index (χ4n) is 2.23. The number of hydrogen-bond donors (Lipinski definition) is 1. The molecule has 0 amide bonds. The fourth-order valence-corrected chi connectivity index (χ4v) is 2.94. The summed E-state index contributed by atoms with van der Waals surface area (Å²) in [6, 6.07) is 13.6. The van der Waals surface area contributed by atoms with Gasteiger partial charge in [-0.2, -0.15) is 0 Å². The summed E-state index contributed by atoms with van der Waals surface area (Å²) in [5.41, 5.74) is 1.89. The highest BCUT2D eigenvalue weighted by molar-refractivity contribution is 7.14. The quantitative estimate of drug-likeness (QED) is 0.592. The predicted octanol–water partition coefficient (Wildman–Crippen LogP) is 4.66. The number of hydrogen-bond acceptors (Lipinski definition) is 6. The van der Waals surface area contributed by atoms with Gasteiger partial charge in [0.05, 0.1) is 13.3 Å². The maximum atomic E-state index is 5.87. The lowest BCUT2D eigenvalue weighted by Crippen LogP contribution is -1.93. The first-order valence-corrected chi connectivity index (χ1v) is 7.91. The lowest BCUT2D eigenvalue weighted by Gasteiger charge is -2.03. The van der Waals surface area contributed by atoms with Crippen LogP contribution in [0.1, 0.15) is 0 Å². The minimum atomic E-state index is 0.718. The zero-order chi connectivity index (χ0) is 15.6. The van der Waals surface area contributed by atoms with Gasteiger partial charge in [-0.25, -0.2) is 9.97 Å². The van der Waals surface area contributed by atoms with E-state index in [4.69, 9.17) is 9.15 Å². The molecule has 2 aliphatic rings. The number of anilines is 2. The predicted molar refractivity (Wildman–Crippen MR) is 90.5 cm³/mol. The molecule has 0 bridgehead atoms. The number of fused-ring (bicyclic) bond motifs is 1. The average Bonchev–Trinajstić information content (AvgIpc) is 3.23. The molecule has 4 rings (SSSR count). The first-order chi connectivity index (χ1) is 11.3. The summed E-state index contributed by atoms with van der Waals surface area (Å²) in [6.07, 6.45) is 1.66. The van der Waals surface area contributed by atoms with E-state index < -0.39 is 0 Å². The third-order valence-electron chi connectivity index (χ3n) is 3.41. The van der Waals surface area contributed by atoms with Crippen LogP contribution >= 0.6 is 11.3 Å². The SMILES string of the molecule is COc1ccc(Nc2nc(-c3ccc4cccc-4o3)cs2)nc1. The fraction of sp³-hybridized carbons (Fsp3) is 0.0588. The number of ether oxygens (including phenoxy) is 1. The van der Waals surface area contributed by atoms with Crippen molar-refractivity contribution in [3.63, 3.8) is 0 Å². The van der Waals surface area contributed by atoms with Gasteiger partial charge in [-0.15, -0.1) is 11.3 Å². The molecule has 23 heavy (non-hydrogen) atoms. The minimum absolute atomic E-state index is 0.718. The topological polar surface area (TPSA) is 60.2 Å². The molecule has 2 aromatic rings. The van der Waals surface area contributed by atoms with Gasteiger partial charge in [-0.3, -0.25) is 0 Å². The molecule has 1 aliphatic heterocycles. The monoisotopic (exact) mass is 323 g/mol. The van der Waals surface area contributed by atoms with Crippen molar-refractivity contribution in [3.05, 3.63) is 54.0 Å². The summed E-state index contributed by atoms with van der Waals surface area (Å²) >= 11 is 1.50. The lowest BCUT2D eigenvalue weighted by atomic mass is 10.2. The van der Waals surface area contributed by atoms with Crippen molar-refractivity contribution in [1.82, 2.24) is 9.97 Å². The number of rotatable bonds is 4. The van der Waals surface area contributed by atoms with Crippen LogP contribution in [0.2, 0.25) is 0 Å². The Balaban J connectivity index is 1.57. The van der Waals surface area contributed by atoms with Gasteiger partial charge >= 0.3 is 0 Å². The Bertz CT molecular complexity index is 898. The van der Waals surface area contributed by atoms with Crippen molar-refractivity contribution < 1.29 is 9.15 Å². The van der Waals surface area contributed by atoms with Crippen molar-refractivity contribution in [3.8, 4) is 28.5 Å². The van der Waals surface area contributed by atoms with Crippen LogP contribution < -0.4 is 10.1 Å². The molecule has 3 heterocycles. The largest absolute Gasteiger partial charge is 0.495 e. The molecule has 5 nitrogen and oxygen atoms in total. The van der Waals surface area contributed by atoms with Crippen LogP contribution in [-0.2, 0) is 0 Å². The van der Waals surface area contributed by atoms with Crippen LogP contribution in [0.4, 0.5) is 10.9 Å². The molecule has 1 aliphatic carbocycles. The third kappa shape index (κ3) is 2.76. The number of aromatic nitrogens is 2. The highest BCUT2D eigenvalue weighted by Gasteiger charge is 2.11. The molecule has 0 spiro atoms. The molecular formula is C17H13N3O2S. The van der Waals surface area contributed by atoms with E-state index in [1.807, 2.05) is 47.8 Å². The van der Waals surface area contributed by atoms with Gasteiger partial charge in [-0.1, -0.05) is 12.1 Å². The van der Waals surface area contributed by atoms with Crippen molar-refractivity contribution in [2.75, 3.05) is 12.4 Å². The Morgan fingerprint density at radius 1 is 1.09 bits per heavy atom. The zero-order valence-corrected chi connectivity index (χ0v) is 13.1. The van der Waals surface area contributed by atoms with Gasteiger partial charge in [-0.05, 0) is 30.3 Å². The standard InChI is InChI=1S/C17H13N3O2S/c1-21-12-6-8-16(18-9-12)20-17-19-13(10-23-17)15-7-5-11-3-2-4-14(11)22-15/h2-10H,1H3,(H,18,19,20). The van der Waals surface area contributed by atoms with Gasteiger partial charge in [0.25, 0.3) is 0 Å². The van der Waals surface area contributed by atoms with E-state index in [0.29, 0.717) is 0 Å². The van der Waals surface area contributed by atoms with Gasteiger partial charge in [0.2, 0.25) is 0 Å². The maximum absolute atomic E-state index is 5.87. The van der Waals surface area contributed by atoms with Gasteiger partial charge in [0, 0.05) is 10.9 Å². The maximum Gasteiger partial charge on any atom is 0.188 e. The number of pyridine rings is 1. The molecular weight excluding hydrogens is 310 g/mol. The van der Waals surface area contributed by atoms with E-state index in [2.05, 4.69) is 15.3 Å². The molecule has 0 aromatic carbocycles. The van der Waals surface area contributed by atoms with Gasteiger partial charge in [0.1, 0.15) is 23.0 Å². The molecule has 0 saturated carbocycles. The van der Waals surface area contributed by atoms with Crippen molar-refractivity contribution in [1.29, 1.82) is 0 Å². The van der Waals surface area contributed by atoms with Crippen molar-refractivity contribution in [2.24, 2.45) is 0 Å². The van der Waals surface area contributed by atoms with Gasteiger partial charge < -0.3 is 14.5 Å². The van der Waals surface area contributed by atoms with E-state index >= 15 is 0 Å². The van der Waals surface area contributed by atoms with Crippen molar-refractivity contribution in [2.45, 2.75) is 0 Å². The second-order valence-corrected chi connectivity index (χ2v) is 5.75. The van der Waals surface area contributed by atoms with E-state index in [9.17, 15) is 0 Å². The summed E-state index contributed by atoms with van der Waals surface area (Å²) in [4.78, 5) is 8.82. The van der Waals surface area contributed by atoms with Crippen molar-refractivity contribution >= 4 is 22.3 Å². The Kier molecular flexibility index (Phi) is 3.44. The summed E-state index contributed by atoms with van der Waals surface area (Å²) in [5, 5.41) is 5.89. The summed E-state index contributed by atoms with van der Waals surface area (Å²) in [5.74, 6) is 3.05. The Hall–Kier alpha value is -2.86. The van der Waals surface area contributed by atoms with E-state index in [1.165, 1.54) is 11.3 Å². The van der Waals surface area contributed by atoms with E-state index in [1.54, 1.807) is 13.3 Å². The molecule has 6 heteroatoms. The number of nitrogens with one attached hydrogen (secondary N) is 1.